The highest BCUT2D eigenvalue weighted by Crippen LogP contribution is 2.16. The van der Waals surface area contributed by atoms with Crippen LogP contribution < -0.4 is 5.32 Å². The molecule has 0 bridgehead atoms. The second-order valence-electron chi connectivity index (χ2n) is 16.8. The monoisotopic (exact) mass is 778 g/mol. The van der Waals surface area contributed by atoms with Gasteiger partial charge in [0.05, 0.1) is 25.4 Å². The molecule has 0 spiro atoms. The maximum atomic E-state index is 12.4. The van der Waals surface area contributed by atoms with E-state index in [2.05, 4.69) is 19.2 Å². The maximum absolute atomic E-state index is 12.4. The summed E-state index contributed by atoms with van der Waals surface area (Å²) in [5.41, 5.74) is 0. The second-order valence-corrected chi connectivity index (χ2v) is 16.8. The number of nitrogens with one attached hydrogen (secondary N) is 1. The molecule has 0 aromatic heterocycles. The molecule has 55 heavy (non-hydrogen) atoms. The van der Waals surface area contributed by atoms with Gasteiger partial charge < -0.3 is 20.3 Å². The van der Waals surface area contributed by atoms with Gasteiger partial charge in [-0.3, -0.25) is 9.59 Å². The molecule has 2 atom stereocenters. The Hall–Kier alpha value is -1.40. The van der Waals surface area contributed by atoms with Crippen molar-refractivity contribution < 1.29 is 24.5 Å². The lowest BCUT2D eigenvalue weighted by molar-refractivity contribution is -0.143. The fraction of sp³-hybridized carbons (Fsp3) is 0.918. The standard InChI is InChI=1S/C49H95NO5/c1-3-5-7-9-11-13-21-25-29-33-37-41-47(52)46(45-51)50-48(53)42-38-34-30-26-23-19-17-15-16-18-20-24-28-32-36-40-44-55-49(54)43-39-35-31-27-22-14-12-10-8-6-4-2/h37,41,46-47,51-52H,3-36,38-40,42-45H2,1-2H3,(H,50,53)/b41-37+. The lowest BCUT2D eigenvalue weighted by Gasteiger charge is -2.20. The van der Waals surface area contributed by atoms with Crippen molar-refractivity contribution in [1.82, 2.24) is 5.32 Å². The van der Waals surface area contributed by atoms with Crippen molar-refractivity contribution in [3.05, 3.63) is 12.2 Å². The number of carbonyl (C=O) groups is 2. The molecular formula is C49H95NO5. The van der Waals surface area contributed by atoms with Crippen molar-refractivity contribution in [2.75, 3.05) is 13.2 Å². The van der Waals surface area contributed by atoms with Crippen molar-refractivity contribution in [1.29, 1.82) is 0 Å². The predicted octanol–water partition coefficient (Wildman–Crippen LogP) is 14.2. The van der Waals surface area contributed by atoms with E-state index in [-0.39, 0.29) is 18.5 Å². The molecule has 2 unspecified atom stereocenters. The van der Waals surface area contributed by atoms with Crippen LogP contribution in [0, 0.1) is 0 Å². The van der Waals surface area contributed by atoms with Gasteiger partial charge in [-0.15, -0.1) is 0 Å². The molecule has 0 aliphatic rings. The Morgan fingerprint density at radius 1 is 0.491 bits per heavy atom. The first-order valence-corrected chi connectivity index (χ1v) is 24.5. The predicted molar refractivity (Wildman–Crippen MR) is 237 cm³/mol. The van der Waals surface area contributed by atoms with Crippen LogP contribution in [0.3, 0.4) is 0 Å². The van der Waals surface area contributed by atoms with Gasteiger partial charge in [-0.2, -0.15) is 0 Å². The van der Waals surface area contributed by atoms with E-state index in [1.54, 1.807) is 6.08 Å². The van der Waals surface area contributed by atoms with Gasteiger partial charge in [-0.05, 0) is 32.1 Å². The fourth-order valence-electron chi connectivity index (χ4n) is 7.51. The van der Waals surface area contributed by atoms with Crippen LogP contribution in [-0.4, -0.2) is 47.4 Å². The highest BCUT2D eigenvalue weighted by molar-refractivity contribution is 5.76. The molecule has 6 nitrogen and oxygen atoms in total. The molecule has 0 rings (SSSR count). The van der Waals surface area contributed by atoms with Crippen molar-refractivity contribution in [2.45, 2.75) is 276 Å². The first-order chi connectivity index (χ1) is 27.0. The lowest BCUT2D eigenvalue weighted by atomic mass is 10.0. The third-order valence-electron chi connectivity index (χ3n) is 11.3. The van der Waals surface area contributed by atoms with Gasteiger partial charge in [0.25, 0.3) is 0 Å². The number of rotatable bonds is 45. The number of aliphatic hydroxyl groups excluding tert-OH is 2. The van der Waals surface area contributed by atoms with Gasteiger partial charge in [0.2, 0.25) is 5.91 Å². The molecule has 0 aromatic carbocycles. The quantitative estimate of drug-likeness (QED) is 0.0325. The summed E-state index contributed by atoms with van der Waals surface area (Å²) in [6.07, 6.45) is 50.6. The van der Waals surface area contributed by atoms with E-state index in [0.717, 1.165) is 44.9 Å². The molecule has 0 heterocycles. The number of hydrogen-bond donors (Lipinski definition) is 3. The molecule has 0 fully saturated rings. The number of carbonyl (C=O) groups excluding carboxylic acids is 2. The van der Waals surface area contributed by atoms with Crippen LogP contribution in [0.2, 0.25) is 0 Å². The molecule has 0 radical (unpaired) electrons. The number of amides is 1. The normalized spacial score (nSPS) is 12.7. The van der Waals surface area contributed by atoms with Crippen LogP contribution >= 0.6 is 0 Å². The SMILES string of the molecule is CCCCCCCCCCC/C=C/C(O)C(CO)NC(=O)CCCCCCCCCCCCCCCCCCOC(=O)CCCCCCCCCCCCC. The van der Waals surface area contributed by atoms with Crippen LogP contribution in [0.1, 0.15) is 264 Å². The van der Waals surface area contributed by atoms with Gasteiger partial charge in [-0.1, -0.05) is 231 Å². The molecular weight excluding hydrogens is 683 g/mol. The molecule has 0 saturated carbocycles. The van der Waals surface area contributed by atoms with Crippen molar-refractivity contribution in [2.24, 2.45) is 0 Å². The summed E-state index contributed by atoms with van der Waals surface area (Å²) >= 11 is 0. The van der Waals surface area contributed by atoms with Crippen LogP contribution in [0.25, 0.3) is 0 Å². The van der Waals surface area contributed by atoms with Crippen LogP contribution in [0.4, 0.5) is 0 Å². The Morgan fingerprint density at radius 2 is 0.836 bits per heavy atom. The zero-order valence-corrected chi connectivity index (χ0v) is 36.9. The number of ether oxygens (including phenoxy) is 1. The molecule has 6 heteroatoms. The van der Waals surface area contributed by atoms with Crippen molar-refractivity contribution >= 4 is 11.9 Å². The van der Waals surface area contributed by atoms with Crippen molar-refractivity contribution in [3.8, 4) is 0 Å². The minimum Gasteiger partial charge on any atom is -0.466 e. The van der Waals surface area contributed by atoms with E-state index in [1.807, 2.05) is 6.08 Å². The average Bonchev–Trinajstić information content (AvgIpc) is 3.18. The van der Waals surface area contributed by atoms with Gasteiger partial charge >= 0.3 is 5.97 Å². The lowest BCUT2D eigenvalue weighted by Crippen LogP contribution is -2.45. The van der Waals surface area contributed by atoms with E-state index < -0.39 is 12.1 Å². The Labute approximate surface area is 342 Å². The van der Waals surface area contributed by atoms with E-state index in [1.165, 1.54) is 193 Å². The summed E-state index contributed by atoms with van der Waals surface area (Å²) in [5.74, 6) is -0.0743. The first kappa shape index (κ1) is 53.6. The Morgan fingerprint density at radius 3 is 1.24 bits per heavy atom. The molecule has 3 N–H and O–H groups in total. The van der Waals surface area contributed by atoms with E-state index in [0.29, 0.717) is 19.4 Å². The molecule has 0 aliphatic heterocycles. The smallest absolute Gasteiger partial charge is 0.305 e. The van der Waals surface area contributed by atoms with Gasteiger partial charge in [0, 0.05) is 12.8 Å². The molecule has 0 saturated heterocycles. The zero-order valence-electron chi connectivity index (χ0n) is 36.9. The summed E-state index contributed by atoms with van der Waals surface area (Å²) < 4.78 is 5.45. The Kier molecular flexibility index (Phi) is 44.2. The van der Waals surface area contributed by atoms with E-state index in [4.69, 9.17) is 4.74 Å². The number of esters is 1. The molecule has 0 aliphatic carbocycles. The molecule has 1 amide bonds. The zero-order chi connectivity index (χ0) is 40.1. The third kappa shape index (κ3) is 42.0. The van der Waals surface area contributed by atoms with Crippen molar-refractivity contribution in [3.63, 3.8) is 0 Å². The number of allylic oxidation sites excluding steroid dienone is 1. The van der Waals surface area contributed by atoms with Gasteiger partial charge in [-0.25, -0.2) is 0 Å². The summed E-state index contributed by atoms with van der Waals surface area (Å²) in [7, 11) is 0. The largest absolute Gasteiger partial charge is 0.466 e. The third-order valence-corrected chi connectivity index (χ3v) is 11.3. The summed E-state index contributed by atoms with van der Waals surface area (Å²) in [5, 5.41) is 22.9. The minimum atomic E-state index is -0.846. The first-order valence-electron chi connectivity index (χ1n) is 24.5. The van der Waals surface area contributed by atoms with Gasteiger partial charge in [0.1, 0.15) is 0 Å². The van der Waals surface area contributed by atoms with E-state index >= 15 is 0 Å². The van der Waals surface area contributed by atoms with E-state index in [9.17, 15) is 19.8 Å². The summed E-state index contributed by atoms with van der Waals surface area (Å²) in [6, 6.07) is -0.630. The number of unbranched alkanes of at least 4 members (excludes halogenated alkanes) is 34. The number of aliphatic hydroxyl groups is 2. The molecule has 326 valence electrons. The second kappa shape index (κ2) is 45.3. The van der Waals surface area contributed by atoms with Crippen LogP contribution in [0.15, 0.2) is 12.2 Å². The fourth-order valence-corrected chi connectivity index (χ4v) is 7.51. The average molecular weight is 778 g/mol. The Bertz CT molecular complexity index is 817. The maximum Gasteiger partial charge on any atom is 0.305 e. The topological polar surface area (TPSA) is 95.9 Å². The Balaban J connectivity index is 3.44. The number of hydrogen-bond acceptors (Lipinski definition) is 5. The van der Waals surface area contributed by atoms with Crippen LogP contribution in [-0.2, 0) is 14.3 Å². The highest BCUT2D eigenvalue weighted by atomic mass is 16.5. The van der Waals surface area contributed by atoms with Crippen LogP contribution in [0.5, 0.6) is 0 Å². The van der Waals surface area contributed by atoms with Gasteiger partial charge in [0.15, 0.2) is 0 Å². The molecule has 0 aromatic rings. The summed E-state index contributed by atoms with van der Waals surface area (Å²) in [6.45, 7) is 4.87. The highest BCUT2D eigenvalue weighted by Gasteiger charge is 2.18. The summed E-state index contributed by atoms with van der Waals surface area (Å²) in [4.78, 5) is 24.3. The minimum absolute atomic E-state index is 0.00149.